The fourth-order valence-electron chi connectivity index (χ4n) is 2.02. The molecule has 0 saturated carbocycles. The van der Waals surface area contributed by atoms with Gasteiger partial charge in [0.05, 0.1) is 31.8 Å². The van der Waals surface area contributed by atoms with Crippen molar-refractivity contribution in [2.45, 2.75) is 34.1 Å². The molecule has 22 heavy (non-hydrogen) atoms. The maximum atomic E-state index is 12.2. The summed E-state index contributed by atoms with van der Waals surface area (Å²) in [4.78, 5) is 35.6. The van der Waals surface area contributed by atoms with E-state index in [1.54, 1.807) is 0 Å². The summed E-state index contributed by atoms with van der Waals surface area (Å²) in [6, 6.07) is 0. The zero-order chi connectivity index (χ0) is 17.4. The van der Waals surface area contributed by atoms with Crippen LogP contribution >= 0.6 is 0 Å². The van der Waals surface area contributed by atoms with E-state index in [9.17, 15) is 14.4 Å². The first-order valence-electron chi connectivity index (χ1n) is 7.31. The molecule has 0 aliphatic carbocycles. The third-order valence-corrected chi connectivity index (χ3v) is 3.59. The lowest BCUT2D eigenvalue weighted by molar-refractivity contribution is -0.148. The van der Waals surface area contributed by atoms with E-state index in [-0.39, 0.29) is 29.7 Å². The fraction of sp³-hybridized carbons (Fsp3) is 0.688. The van der Waals surface area contributed by atoms with E-state index in [1.165, 1.54) is 20.3 Å². The minimum atomic E-state index is -0.593. The van der Waals surface area contributed by atoms with E-state index in [2.05, 4.69) is 0 Å². The Kier molecular flexibility index (Phi) is 8.45. The van der Waals surface area contributed by atoms with Crippen LogP contribution in [0, 0.1) is 23.7 Å². The molecule has 6 heteroatoms. The molecule has 0 aliphatic heterocycles. The predicted molar refractivity (Wildman–Crippen MR) is 82.6 cm³/mol. The SMILES string of the molecule is COC(=O)[C@@H](CC(=O)/C(N)=C/[C@@H](C(=O)OC)C(C)C)C(C)C. The highest BCUT2D eigenvalue weighted by Crippen LogP contribution is 2.20. The normalized spacial score (nSPS) is 14.6. The number of hydrogen-bond acceptors (Lipinski definition) is 6. The van der Waals surface area contributed by atoms with Gasteiger partial charge in [-0.25, -0.2) is 0 Å². The maximum Gasteiger partial charge on any atom is 0.312 e. The molecule has 0 heterocycles. The molecule has 0 aromatic carbocycles. The first-order chi connectivity index (χ1) is 10.1. The Morgan fingerprint density at radius 1 is 0.955 bits per heavy atom. The molecule has 0 radical (unpaired) electrons. The van der Waals surface area contributed by atoms with Gasteiger partial charge in [-0.2, -0.15) is 0 Å². The van der Waals surface area contributed by atoms with Crippen molar-refractivity contribution in [1.29, 1.82) is 0 Å². The van der Waals surface area contributed by atoms with Gasteiger partial charge < -0.3 is 15.2 Å². The second kappa shape index (κ2) is 9.23. The smallest absolute Gasteiger partial charge is 0.312 e. The van der Waals surface area contributed by atoms with Crippen molar-refractivity contribution in [3.05, 3.63) is 11.8 Å². The summed E-state index contributed by atoms with van der Waals surface area (Å²) in [6.45, 7) is 7.34. The quantitative estimate of drug-likeness (QED) is 0.541. The summed E-state index contributed by atoms with van der Waals surface area (Å²) in [6.07, 6.45) is 1.37. The molecule has 0 spiro atoms. The van der Waals surface area contributed by atoms with E-state index >= 15 is 0 Å². The lowest BCUT2D eigenvalue weighted by Gasteiger charge is -2.18. The number of carbonyl (C=O) groups is 3. The summed E-state index contributed by atoms with van der Waals surface area (Å²) in [7, 11) is 2.57. The first kappa shape index (κ1) is 20.1. The summed E-state index contributed by atoms with van der Waals surface area (Å²) < 4.78 is 9.41. The molecule has 0 aliphatic rings. The molecule has 126 valence electrons. The molecule has 0 aromatic rings. The Balaban J connectivity index is 5.13. The highest BCUT2D eigenvalue weighted by Gasteiger charge is 2.28. The number of esters is 2. The van der Waals surface area contributed by atoms with E-state index < -0.39 is 23.8 Å². The van der Waals surface area contributed by atoms with Gasteiger partial charge in [-0.05, 0) is 17.9 Å². The molecule has 2 atom stereocenters. The van der Waals surface area contributed by atoms with Crippen LogP contribution < -0.4 is 5.73 Å². The molecule has 0 unspecified atom stereocenters. The molecular formula is C16H27NO5. The van der Waals surface area contributed by atoms with Gasteiger partial charge in [-0.15, -0.1) is 0 Å². The van der Waals surface area contributed by atoms with Crippen LogP contribution in [0.3, 0.4) is 0 Å². The Labute approximate surface area is 132 Å². The van der Waals surface area contributed by atoms with Crippen molar-refractivity contribution in [2.24, 2.45) is 29.4 Å². The van der Waals surface area contributed by atoms with Crippen molar-refractivity contribution in [2.75, 3.05) is 14.2 Å². The van der Waals surface area contributed by atoms with Gasteiger partial charge in [0.1, 0.15) is 0 Å². The Hall–Kier alpha value is -1.85. The van der Waals surface area contributed by atoms with E-state index in [0.29, 0.717) is 0 Å². The summed E-state index contributed by atoms with van der Waals surface area (Å²) in [5.74, 6) is -2.52. The predicted octanol–water partition coefficient (Wildman–Crippen LogP) is 1.68. The number of nitrogens with two attached hydrogens (primary N) is 1. The van der Waals surface area contributed by atoms with Crippen LogP contribution in [-0.4, -0.2) is 31.9 Å². The van der Waals surface area contributed by atoms with Crippen LogP contribution in [0.4, 0.5) is 0 Å². The monoisotopic (exact) mass is 313 g/mol. The molecule has 0 aromatic heterocycles. The highest BCUT2D eigenvalue weighted by molar-refractivity contribution is 5.97. The number of allylic oxidation sites excluding steroid dienone is 1. The number of rotatable bonds is 8. The largest absolute Gasteiger partial charge is 0.469 e. The van der Waals surface area contributed by atoms with Crippen LogP contribution in [0.15, 0.2) is 11.8 Å². The van der Waals surface area contributed by atoms with Crippen LogP contribution in [0.2, 0.25) is 0 Å². The van der Waals surface area contributed by atoms with Crippen molar-refractivity contribution in [3.8, 4) is 0 Å². The molecule has 6 nitrogen and oxygen atoms in total. The van der Waals surface area contributed by atoms with Crippen molar-refractivity contribution >= 4 is 17.7 Å². The number of ketones is 1. The number of ether oxygens (including phenoxy) is 2. The van der Waals surface area contributed by atoms with Gasteiger partial charge in [0.25, 0.3) is 0 Å². The molecule has 2 N–H and O–H groups in total. The lowest BCUT2D eigenvalue weighted by Crippen LogP contribution is -2.28. The number of methoxy groups -OCH3 is 2. The zero-order valence-electron chi connectivity index (χ0n) is 14.2. The first-order valence-corrected chi connectivity index (χ1v) is 7.31. The molecule has 0 bridgehead atoms. The Bertz CT molecular complexity index is 440. The van der Waals surface area contributed by atoms with E-state index in [1.807, 2.05) is 27.7 Å². The number of Topliss-reactive ketones (excluding diaryl/α,β-unsaturated/α-hetero) is 1. The fourth-order valence-corrected chi connectivity index (χ4v) is 2.02. The van der Waals surface area contributed by atoms with Crippen molar-refractivity contribution in [1.82, 2.24) is 0 Å². The third-order valence-electron chi connectivity index (χ3n) is 3.59. The van der Waals surface area contributed by atoms with Crippen LogP contribution in [-0.2, 0) is 23.9 Å². The van der Waals surface area contributed by atoms with Gasteiger partial charge in [-0.1, -0.05) is 27.7 Å². The van der Waals surface area contributed by atoms with E-state index in [4.69, 9.17) is 15.2 Å². The van der Waals surface area contributed by atoms with Gasteiger partial charge in [-0.3, -0.25) is 14.4 Å². The number of carbonyl (C=O) groups excluding carboxylic acids is 3. The molecule has 0 fully saturated rings. The minimum Gasteiger partial charge on any atom is -0.469 e. The summed E-state index contributed by atoms with van der Waals surface area (Å²) >= 11 is 0. The van der Waals surface area contributed by atoms with Gasteiger partial charge in [0.2, 0.25) is 0 Å². The van der Waals surface area contributed by atoms with Crippen LogP contribution in [0.5, 0.6) is 0 Å². The third kappa shape index (κ3) is 5.87. The second-order valence-corrected chi connectivity index (χ2v) is 5.92. The zero-order valence-corrected chi connectivity index (χ0v) is 14.2. The van der Waals surface area contributed by atoms with Crippen molar-refractivity contribution < 1.29 is 23.9 Å². The Morgan fingerprint density at radius 3 is 1.82 bits per heavy atom. The Morgan fingerprint density at radius 2 is 1.45 bits per heavy atom. The highest BCUT2D eigenvalue weighted by atomic mass is 16.5. The van der Waals surface area contributed by atoms with Gasteiger partial charge in [0, 0.05) is 6.42 Å². The summed E-state index contributed by atoms with van der Waals surface area (Å²) in [5, 5.41) is 0. The average Bonchev–Trinajstić information content (AvgIpc) is 2.47. The molecule has 0 saturated heterocycles. The summed E-state index contributed by atoms with van der Waals surface area (Å²) in [5.41, 5.74) is 5.76. The standard InChI is InChI=1S/C16H27NO5/c1-9(2)11(15(19)21-5)7-13(17)14(18)8-12(10(3)4)16(20)22-6/h7,9-12H,8,17H2,1-6H3/b13-7-/t11-,12+/m1/s1. The lowest BCUT2D eigenvalue weighted by atomic mass is 9.88. The topological polar surface area (TPSA) is 95.7 Å². The second-order valence-electron chi connectivity index (χ2n) is 5.92. The molecular weight excluding hydrogens is 286 g/mol. The van der Waals surface area contributed by atoms with Gasteiger partial charge in [0.15, 0.2) is 5.78 Å². The van der Waals surface area contributed by atoms with Crippen LogP contribution in [0.1, 0.15) is 34.1 Å². The molecule has 0 rings (SSSR count). The van der Waals surface area contributed by atoms with Crippen LogP contribution in [0.25, 0.3) is 0 Å². The van der Waals surface area contributed by atoms with Gasteiger partial charge >= 0.3 is 11.9 Å². The van der Waals surface area contributed by atoms with E-state index in [0.717, 1.165) is 0 Å². The average molecular weight is 313 g/mol. The minimum absolute atomic E-state index is 0.0290. The molecule has 0 amide bonds. The maximum absolute atomic E-state index is 12.2. The number of hydrogen-bond donors (Lipinski definition) is 1. The van der Waals surface area contributed by atoms with Crippen molar-refractivity contribution in [3.63, 3.8) is 0 Å².